The zero-order valence-electron chi connectivity index (χ0n) is 10.9. The number of rotatable bonds is 3. The molecule has 0 radical (unpaired) electrons. The van der Waals surface area contributed by atoms with Gasteiger partial charge in [0, 0.05) is 26.2 Å². The second-order valence-corrected chi connectivity index (χ2v) is 8.40. The summed E-state index contributed by atoms with van der Waals surface area (Å²) < 4.78 is 24.4. The van der Waals surface area contributed by atoms with Crippen LogP contribution in [0, 0.1) is 0 Å². The molecule has 20 heavy (non-hydrogen) atoms. The average molecular weight is 330 g/mol. The van der Waals surface area contributed by atoms with Crippen molar-refractivity contribution in [2.45, 2.75) is 0 Å². The lowest BCUT2D eigenvalue weighted by Gasteiger charge is -2.32. The molecule has 9 heteroatoms. The molecule has 0 amide bonds. The Morgan fingerprint density at radius 1 is 1.20 bits per heavy atom. The van der Waals surface area contributed by atoms with Gasteiger partial charge in [0.2, 0.25) is 15.2 Å². The number of hydrogen-bond acceptors (Lipinski definition) is 7. The fourth-order valence-electron chi connectivity index (χ4n) is 2.05. The van der Waals surface area contributed by atoms with Crippen LogP contribution in [0.25, 0.3) is 9.88 Å². The highest BCUT2D eigenvalue weighted by Crippen LogP contribution is 2.31. The van der Waals surface area contributed by atoms with Crippen molar-refractivity contribution in [1.82, 2.24) is 14.5 Å². The van der Waals surface area contributed by atoms with Gasteiger partial charge in [0.15, 0.2) is 5.01 Å². The van der Waals surface area contributed by atoms with Gasteiger partial charge < -0.3 is 4.90 Å². The highest BCUT2D eigenvalue weighted by molar-refractivity contribution is 7.88. The topological polar surface area (TPSA) is 66.4 Å². The molecule has 0 saturated carbocycles. The van der Waals surface area contributed by atoms with Crippen LogP contribution in [-0.4, -0.2) is 55.4 Å². The average Bonchev–Trinajstić information content (AvgIpc) is 3.09. The predicted octanol–water partition coefficient (Wildman–Crippen LogP) is 1.35. The van der Waals surface area contributed by atoms with Gasteiger partial charge in [0.1, 0.15) is 0 Å². The molecule has 3 rings (SSSR count). The summed E-state index contributed by atoms with van der Waals surface area (Å²) in [5.74, 6) is 0. The van der Waals surface area contributed by atoms with Gasteiger partial charge in [-0.25, -0.2) is 8.42 Å². The zero-order valence-corrected chi connectivity index (χ0v) is 13.3. The van der Waals surface area contributed by atoms with Gasteiger partial charge >= 0.3 is 0 Å². The van der Waals surface area contributed by atoms with Crippen molar-refractivity contribution in [3.8, 4) is 9.88 Å². The van der Waals surface area contributed by atoms with Gasteiger partial charge in [-0.3, -0.25) is 0 Å². The molecule has 0 unspecified atom stereocenters. The van der Waals surface area contributed by atoms with Crippen LogP contribution in [-0.2, 0) is 10.0 Å². The quantitative estimate of drug-likeness (QED) is 0.850. The van der Waals surface area contributed by atoms with Crippen LogP contribution in [0.2, 0.25) is 0 Å². The smallest absolute Gasteiger partial charge is 0.211 e. The summed E-state index contributed by atoms with van der Waals surface area (Å²) in [4.78, 5) is 3.21. The van der Waals surface area contributed by atoms with E-state index in [0.717, 1.165) is 15.0 Å². The van der Waals surface area contributed by atoms with Gasteiger partial charge in [0.05, 0.1) is 11.1 Å². The Bertz CT molecular complexity index is 672. The van der Waals surface area contributed by atoms with Crippen molar-refractivity contribution in [3.63, 3.8) is 0 Å². The highest BCUT2D eigenvalue weighted by atomic mass is 32.2. The third kappa shape index (κ3) is 2.85. The maximum atomic E-state index is 11.5. The maximum Gasteiger partial charge on any atom is 0.211 e. The monoisotopic (exact) mass is 330 g/mol. The van der Waals surface area contributed by atoms with Gasteiger partial charge in [-0.1, -0.05) is 17.4 Å². The standard InChI is InChI=1S/C11H14N4O2S3/c1-20(16,17)15-6-4-14(5-7-15)11-13-12-10(19-11)9-3-2-8-18-9/h2-3,8H,4-7H2,1H3. The summed E-state index contributed by atoms with van der Waals surface area (Å²) >= 11 is 3.19. The molecule has 2 aromatic heterocycles. The molecule has 1 aliphatic rings. The Balaban J connectivity index is 1.70. The van der Waals surface area contributed by atoms with Gasteiger partial charge in [-0.15, -0.1) is 21.5 Å². The molecule has 6 nitrogen and oxygen atoms in total. The van der Waals surface area contributed by atoms with E-state index in [2.05, 4.69) is 15.1 Å². The molecular weight excluding hydrogens is 316 g/mol. The Morgan fingerprint density at radius 3 is 2.55 bits per heavy atom. The molecule has 0 atom stereocenters. The van der Waals surface area contributed by atoms with E-state index >= 15 is 0 Å². The number of nitrogens with zero attached hydrogens (tertiary/aromatic N) is 4. The van der Waals surface area contributed by atoms with Crippen molar-refractivity contribution in [3.05, 3.63) is 17.5 Å². The van der Waals surface area contributed by atoms with E-state index in [9.17, 15) is 8.42 Å². The molecule has 0 aromatic carbocycles. The van der Waals surface area contributed by atoms with Crippen LogP contribution >= 0.6 is 22.7 Å². The molecule has 0 spiro atoms. The Labute approximate surface area is 125 Å². The molecular formula is C11H14N4O2S3. The molecule has 1 saturated heterocycles. The summed E-state index contributed by atoms with van der Waals surface area (Å²) in [7, 11) is -3.09. The highest BCUT2D eigenvalue weighted by Gasteiger charge is 2.25. The summed E-state index contributed by atoms with van der Waals surface area (Å²) in [6.45, 7) is 2.33. The largest absolute Gasteiger partial charge is 0.344 e. The molecule has 1 aliphatic heterocycles. The molecule has 0 aliphatic carbocycles. The lowest BCUT2D eigenvalue weighted by molar-refractivity contribution is 0.387. The van der Waals surface area contributed by atoms with Gasteiger partial charge in [0.25, 0.3) is 0 Å². The SMILES string of the molecule is CS(=O)(=O)N1CCN(c2nnc(-c3cccs3)s2)CC1. The van der Waals surface area contributed by atoms with Crippen LogP contribution in [0.1, 0.15) is 0 Å². The van der Waals surface area contributed by atoms with Gasteiger partial charge in [-0.05, 0) is 11.4 Å². The number of piperazine rings is 1. The fraction of sp³-hybridized carbons (Fsp3) is 0.455. The first-order valence-electron chi connectivity index (χ1n) is 6.11. The molecule has 3 heterocycles. The number of sulfonamides is 1. The Hall–Kier alpha value is -1.03. The molecule has 0 bridgehead atoms. The summed E-state index contributed by atoms with van der Waals surface area (Å²) in [5, 5.41) is 12.2. The maximum absolute atomic E-state index is 11.5. The van der Waals surface area contributed by atoms with Crippen molar-refractivity contribution in [2.75, 3.05) is 37.3 Å². The van der Waals surface area contributed by atoms with E-state index in [1.807, 2.05) is 17.5 Å². The second-order valence-electron chi connectivity index (χ2n) is 4.52. The van der Waals surface area contributed by atoms with E-state index in [-0.39, 0.29) is 0 Å². The summed E-state index contributed by atoms with van der Waals surface area (Å²) in [6.07, 6.45) is 1.25. The van der Waals surface area contributed by atoms with Gasteiger partial charge in [-0.2, -0.15) is 4.31 Å². The minimum atomic E-state index is -3.09. The normalized spacial score (nSPS) is 17.6. The van der Waals surface area contributed by atoms with Crippen LogP contribution in [0.5, 0.6) is 0 Å². The molecule has 0 N–H and O–H groups in total. The van der Waals surface area contributed by atoms with Crippen molar-refractivity contribution in [2.24, 2.45) is 0 Å². The molecule has 108 valence electrons. The number of aromatic nitrogens is 2. The Morgan fingerprint density at radius 2 is 1.95 bits per heavy atom. The number of thiophene rings is 1. The van der Waals surface area contributed by atoms with E-state index < -0.39 is 10.0 Å². The van der Waals surface area contributed by atoms with Crippen LogP contribution in [0.15, 0.2) is 17.5 Å². The first-order valence-corrected chi connectivity index (χ1v) is 9.66. The van der Waals surface area contributed by atoms with Crippen molar-refractivity contribution >= 4 is 37.8 Å². The third-order valence-corrected chi connectivity index (χ3v) is 6.45. The summed E-state index contributed by atoms with van der Waals surface area (Å²) in [6, 6.07) is 4.02. The van der Waals surface area contributed by atoms with E-state index in [1.165, 1.54) is 10.6 Å². The molecule has 1 fully saturated rings. The van der Waals surface area contributed by atoms with E-state index in [0.29, 0.717) is 26.2 Å². The second kappa shape index (κ2) is 5.40. The lowest BCUT2D eigenvalue weighted by Crippen LogP contribution is -2.48. The first kappa shape index (κ1) is 13.9. The lowest BCUT2D eigenvalue weighted by atomic mass is 10.4. The predicted molar refractivity (Wildman–Crippen MR) is 81.9 cm³/mol. The Kier molecular flexibility index (Phi) is 3.76. The van der Waals surface area contributed by atoms with Crippen molar-refractivity contribution in [1.29, 1.82) is 0 Å². The van der Waals surface area contributed by atoms with E-state index in [4.69, 9.17) is 0 Å². The third-order valence-electron chi connectivity index (χ3n) is 3.12. The number of hydrogen-bond donors (Lipinski definition) is 0. The minimum Gasteiger partial charge on any atom is -0.344 e. The van der Waals surface area contributed by atoms with Crippen molar-refractivity contribution < 1.29 is 8.42 Å². The zero-order chi connectivity index (χ0) is 14.2. The van der Waals surface area contributed by atoms with Crippen LogP contribution in [0.3, 0.4) is 0 Å². The minimum absolute atomic E-state index is 0.507. The fourth-order valence-corrected chi connectivity index (χ4v) is 4.57. The van der Waals surface area contributed by atoms with E-state index in [1.54, 1.807) is 22.7 Å². The number of anilines is 1. The summed E-state index contributed by atoms with van der Waals surface area (Å²) in [5.41, 5.74) is 0. The van der Waals surface area contributed by atoms with Crippen LogP contribution in [0.4, 0.5) is 5.13 Å². The van der Waals surface area contributed by atoms with Crippen LogP contribution < -0.4 is 4.90 Å². The molecule has 2 aromatic rings. The first-order chi connectivity index (χ1) is 9.54.